The molecule has 1 aromatic heterocycles. The van der Waals surface area contributed by atoms with E-state index >= 15 is 0 Å². The number of alkyl halides is 1. The van der Waals surface area contributed by atoms with Crippen molar-refractivity contribution in [1.29, 1.82) is 0 Å². The highest BCUT2D eigenvalue weighted by Crippen LogP contribution is 2.17. The third-order valence-corrected chi connectivity index (χ3v) is 2.03. The van der Waals surface area contributed by atoms with Crippen molar-refractivity contribution in [3.63, 3.8) is 0 Å². The molecule has 1 aromatic rings. The summed E-state index contributed by atoms with van der Waals surface area (Å²) in [5.41, 5.74) is 0.114. The Kier molecular flexibility index (Phi) is 4.25. The van der Waals surface area contributed by atoms with Crippen LogP contribution in [0.25, 0.3) is 0 Å². The lowest BCUT2D eigenvalue weighted by Gasteiger charge is -2.15. The molecule has 2 unspecified atom stereocenters. The van der Waals surface area contributed by atoms with Gasteiger partial charge in [-0.3, -0.25) is 0 Å². The van der Waals surface area contributed by atoms with E-state index in [1.165, 1.54) is 18.2 Å². The first kappa shape index (κ1) is 11.4. The topological polar surface area (TPSA) is 53.4 Å². The van der Waals surface area contributed by atoms with Gasteiger partial charge in [0.2, 0.25) is 5.95 Å². The van der Waals surface area contributed by atoms with Crippen molar-refractivity contribution in [3.8, 4) is 0 Å². The average molecular weight is 220 g/mol. The minimum Gasteiger partial charge on any atom is -0.390 e. The van der Waals surface area contributed by atoms with Crippen LogP contribution in [0, 0.1) is 5.95 Å². The molecule has 3 nitrogen and oxygen atoms in total. The summed E-state index contributed by atoms with van der Waals surface area (Å²) in [6, 6.07) is 4.05. The van der Waals surface area contributed by atoms with E-state index in [-0.39, 0.29) is 18.0 Å². The van der Waals surface area contributed by atoms with Gasteiger partial charge in [-0.1, -0.05) is 6.07 Å². The molecule has 0 spiro atoms. The third-order valence-electron chi connectivity index (χ3n) is 1.81. The Morgan fingerprint density at radius 3 is 2.71 bits per heavy atom. The van der Waals surface area contributed by atoms with Crippen LogP contribution in [0.5, 0.6) is 0 Å². The Balaban J connectivity index is 2.73. The van der Waals surface area contributed by atoms with E-state index < -0.39 is 18.2 Å². The molecular formula is C9H11ClFNO2. The molecule has 1 heterocycles. The molecule has 0 radical (unpaired) electrons. The van der Waals surface area contributed by atoms with Crippen LogP contribution in [-0.4, -0.2) is 27.2 Å². The van der Waals surface area contributed by atoms with E-state index in [2.05, 4.69) is 4.98 Å². The van der Waals surface area contributed by atoms with Gasteiger partial charge >= 0.3 is 0 Å². The number of nitrogens with zero attached hydrogens (tertiary/aromatic N) is 1. The van der Waals surface area contributed by atoms with Crippen molar-refractivity contribution < 1.29 is 14.6 Å². The van der Waals surface area contributed by atoms with Gasteiger partial charge in [0.25, 0.3) is 0 Å². The number of hydrogen-bond donors (Lipinski definition) is 2. The van der Waals surface area contributed by atoms with Crippen LogP contribution in [0.3, 0.4) is 0 Å². The second kappa shape index (κ2) is 5.24. The first-order chi connectivity index (χ1) is 6.65. The number of halogens is 2. The monoisotopic (exact) mass is 219 g/mol. The van der Waals surface area contributed by atoms with E-state index in [0.717, 1.165) is 0 Å². The number of rotatable bonds is 4. The molecule has 0 fully saturated rings. The maximum Gasteiger partial charge on any atom is 0.213 e. The molecule has 2 N–H and O–H groups in total. The zero-order valence-corrected chi connectivity index (χ0v) is 8.15. The van der Waals surface area contributed by atoms with Crippen LogP contribution in [-0.2, 0) is 0 Å². The van der Waals surface area contributed by atoms with Gasteiger partial charge in [0.05, 0.1) is 11.8 Å². The van der Waals surface area contributed by atoms with Gasteiger partial charge in [-0.05, 0) is 18.6 Å². The van der Waals surface area contributed by atoms with Crippen LogP contribution in [0.2, 0.25) is 0 Å². The Morgan fingerprint density at radius 2 is 2.14 bits per heavy atom. The zero-order valence-electron chi connectivity index (χ0n) is 7.40. The first-order valence-electron chi connectivity index (χ1n) is 4.19. The highest BCUT2D eigenvalue weighted by molar-refractivity contribution is 6.17. The van der Waals surface area contributed by atoms with E-state index in [4.69, 9.17) is 11.6 Å². The molecule has 0 aliphatic heterocycles. The molecule has 2 atom stereocenters. The Labute approximate surface area is 86.2 Å². The van der Waals surface area contributed by atoms with Gasteiger partial charge in [0.15, 0.2) is 0 Å². The summed E-state index contributed by atoms with van der Waals surface area (Å²) >= 11 is 5.39. The maximum absolute atomic E-state index is 12.6. The normalized spacial score (nSPS) is 15.1. The van der Waals surface area contributed by atoms with Crippen molar-refractivity contribution in [2.45, 2.75) is 18.6 Å². The Bertz CT molecular complexity index is 298. The van der Waals surface area contributed by atoms with Gasteiger partial charge < -0.3 is 10.2 Å². The summed E-state index contributed by atoms with van der Waals surface area (Å²) in [5.74, 6) is -0.451. The fourth-order valence-corrected chi connectivity index (χ4v) is 1.28. The molecule has 5 heteroatoms. The highest BCUT2D eigenvalue weighted by atomic mass is 35.5. The SMILES string of the molecule is OC(CCCl)C(O)c1cccc(F)n1. The van der Waals surface area contributed by atoms with Crippen molar-refractivity contribution >= 4 is 11.6 Å². The summed E-state index contributed by atoms with van der Waals surface area (Å²) in [5, 5.41) is 18.9. The number of hydrogen-bond acceptors (Lipinski definition) is 3. The minimum absolute atomic E-state index is 0.114. The van der Waals surface area contributed by atoms with Gasteiger partial charge in [-0.2, -0.15) is 4.39 Å². The van der Waals surface area contributed by atoms with Gasteiger partial charge in [0, 0.05) is 5.88 Å². The molecule has 0 amide bonds. The predicted octanol–water partition coefficient (Wildman–Crippen LogP) is 1.24. The largest absolute Gasteiger partial charge is 0.390 e. The number of aliphatic hydroxyl groups is 2. The molecule has 14 heavy (non-hydrogen) atoms. The van der Waals surface area contributed by atoms with Crippen LogP contribution in [0.4, 0.5) is 4.39 Å². The lowest BCUT2D eigenvalue weighted by atomic mass is 10.1. The fraction of sp³-hybridized carbons (Fsp3) is 0.444. The summed E-state index contributed by atoms with van der Waals surface area (Å²) in [7, 11) is 0. The quantitative estimate of drug-likeness (QED) is 0.592. The molecule has 0 aliphatic carbocycles. The van der Waals surface area contributed by atoms with Crippen LogP contribution >= 0.6 is 11.6 Å². The smallest absolute Gasteiger partial charge is 0.213 e. The summed E-state index contributed by atoms with van der Waals surface area (Å²) in [6.45, 7) is 0. The lowest BCUT2D eigenvalue weighted by Crippen LogP contribution is -2.19. The van der Waals surface area contributed by atoms with Gasteiger partial charge in [0.1, 0.15) is 6.10 Å². The van der Waals surface area contributed by atoms with Crippen LogP contribution in [0.1, 0.15) is 18.2 Å². The fourth-order valence-electron chi connectivity index (χ4n) is 1.06. The second-order valence-electron chi connectivity index (χ2n) is 2.88. The van der Waals surface area contributed by atoms with E-state index in [0.29, 0.717) is 0 Å². The molecular weight excluding hydrogens is 209 g/mol. The average Bonchev–Trinajstić information content (AvgIpc) is 2.17. The second-order valence-corrected chi connectivity index (χ2v) is 3.25. The molecule has 0 saturated heterocycles. The number of pyridine rings is 1. The van der Waals surface area contributed by atoms with Gasteiger partial charge in [-0.15, -0.1) is 11.6 Å². The molecule has 0 aromatic carbocycles. The minimum atomic E-state index is -1.19. The molecule has 0 bridgehead atoms. The first-order valence-corrected chi connectivity index (χ1v) is 4.73. The van der Waals surface area contributed by atoms with Crippen LogP contribution < -0.4 is 0 Å². The summed E-state index contributed by atoms with van der Waals surface area (Å²) < 4.78 is 12.6. The predicted molar refractivity (Wildman–Crippen MR) is 50.5 cm³/mol. The van der Waals surface area contributed by atoms with Gasteiger partial charge in [-0.25, -0.2) is 4.98 Å². The summed E-state index contributed by atoms with van der Waals surface area (Å²) in [6.07, 6.45) is -1.97. The van der Waals surface area contributed by atoms with E-state index in [1.54, 1.807) is 0 Å². The van der Waals surface area contributed by atoms with E-state index in [9.17, 15) is 14.6 Å². The Hall–Kier alpha value is -0.710. The number of aromatic nitrogens is 1. The van der Waals surface area contributed by atoms with E-state index in [1.807, 2.05) is 0 Å². The zero-order chi connectivity index (χ0) is 10.6. The van der Waals surface area contributed by atoms with Crippen molar-refractivity contribution in [1.82, 2.24) is 4.98 Å². The molecule has 0 aliphatic rings. The van der Waals surface area contributed by atoms with Crippen molar-refractivity contribution in [3.05, 3.63) is 29.8 Å². The third kappa shape index (κ3) is 2.90. The standard InChI is InChI=1S/C9H11ClFNO2/c10-5-4-7(13)9(14)6-2-1-3-8(11)12-6/h1-3,7,9,13-14H,4-5H2. The molecule has 78 valence electrons. The Morgan fingerprint density at radius 1 is 1.43 bits per heavy atom. The molecule has 1 rings (SSSR count). The van der Waals surface area contributed by atoms with Crippen molar-refractivity contribution in [2.75, 3.05) is 5.88 Å². The maximum atomic E-state index is 12.6. The van der Waals surface area contributed by atoms with Crippen LogP contribution in [0.15, 0.2) is 18.2 Å². The highest BCUT2D eigenvalue weighted by Gasteiger charge is 2.19. The lowest BCUT2D eigenvalue weighted by molar-refractivity contribution is 0.0140. The molecule has 0 saturated carbocycles. The summed E-state index contributed by atoms with van der Waals surface area (Å²) in [4.78, 5) is 3.46. The number of aliphatic hydroxyl groups excluding tert-OH is 2. The van der Waals surface area contributed by atoms with Crippen molar-refractivity contribution in [2.24, 2.45) is 0 Å².